The van der Waals surface area contributed by atoms with Gasteiger partial charge in [0.2, 0.25) is 0 Å². The summed E-state index contributed by atoms with van der Waals surface area (Å²) in [5, 5.41) is 0. The van der Waals surface area contributed by atoms with Crippen molar-refractivity contribution in [2.45, 2.75) is 24.9 Å². The molecule has 0 radical (unpaired) electrons. The maximum atomic E-state index is 5.68. The predicted molar refractivity (Wildman–Crippen MR) is 39.9 cm³/mol. The van der Waals surface area contributed by atoms with E-state index in [0.717, 1.165) is 6.61 Å². The van der Waals surface area contributed by atoms with Crippen molar-refractivity contribution in [3.05, 3.63) is 0 Å². The van der Waals surface area contributed by atoms with Crippen molar-refractivity contribution >= 4 is 11.8 Å². The van der Waals surface area contributed by atoms with Gasteiger partial charge >= 0.3 is 0 Å². The average molecular weight is 144 g/mol. The van der Waals surface area contributed by atoms with E-state index in [4.69, 9.17) is 4.74 Å². The number of hydrogen-bond acceptors (Lipinski definition) is 2. The Kier molecular flexibility index (Phi) is 1.46. The molecule has 2 heterocycles. The van der Waals surface area contributed by atoms with Crippen LogP contribution in [0.3, 0.4) is 0 Å². The van der Waals surface area contributed by atoms with E-state index in [1.165, 1.54) is 30.8 Å². The van der Waals surface area contributed by atoms with Gasteiger partial charge in [0, 0.05) is 18.1 Å². The second-order valence-corrected chi connectivity index (χ2v) is 3.97. The topological polar surface area (TPSA) is 9.23 Å². The molecule has 0 aromatic rings. The van der Waals surface area contributed by atoms with Crippen LogP contribution < -0.4 is 0 Å². The Balaban J connectivity index is 1.93. The van der Waals surface area contributed by atoms with Gasteiger partial charge in [-0.3, -0.25) is 0 Å². The first-order valence-electron chi connectivity index (χ1n) is 3.63. The van der Waals surface area contributed by atoms with E-state index in [1.54, 1.807) is 0 Å². The number of rotatable bonds is 0. The van der Waals surface area contributed by atoms with E-state index in [9.17, 15) is 0 Å². The first kappa shape index (κ1) is 6.05. The minimum Gasteiger partial charge on any atom is -0.373 e. The van der Waals surface area contributed by atoms with Gasteiger partial charge in [-0.25, -0.2) is 0 Å². The molecule has 2 fully saturated rings. The molecule has 2 saturated heterocycles. The van der Waals surface area contributed by atoms with Crippen molar-refractivity contribution < 1.29 is 4.74 Å². The smallest absolute Gasteiger partial charge is 0.0862 e. The highest BCUT2D eigenvalue weighted by atomic mass is 32.2. The van der Waals surface area contributed by atoms with Crippen LogP contribution in [0.2, 0.25) is 0 Å². The normalized spacial score (nSPS) is 32.0. The minimum absolute atomic E-state index is 0.364. The van der Waals surface area contributed by atoms with Gasteiger partial charge < -0.3 is 4.74 Å². The Morgan fingerprint density at radius 1 is 1.22 bits per heavy atom. The molecule has 1 spiro atoms. The molecule has 0 atom stereocenters. The zero-order valence-corrected chi connectivity index (χ0v) is 6.38. The first-order valence-corrected chi connectivity index (χ1v) is 4.79. The lowest BCUT2D eigenvalue weighted by molar-refractivity contribution is -0.0519. The van der Waals surface area contributed by atoms with Crippen LogP contribution in [-0.4, -0.2) is 23.7 Å². The summed E-state index contributed by atoms with van der Waals surface area (Å²) in [5.74, 6) is 2.51. The third-order valence-corrected chi connectivity index (χ3v) is 3.63. The summed E-state index contributed by atoms with van der Waals surface area (Å²) in [5.41, 5.74) is 0.364. The lowest BCUT2D eigenvalue weighted by Gasteiger charge is -2.43. The Hall–Kier alpha value is 0.310. The fraction of sp³-hybridized carbons (Fsp3) is 1.00. The van der Waals surface area contributed by atoms with E-state index in [2.05, 4.69) is 0 Å². The number of thioether (sulfide) groups is 1. The second-order valence-electron chi connectivity index (χ2n) is 2.98. The van der Waals surface area contributed by atoms with Crippen molar-refractivity contribution in [3.63, 3.8) is 0 Å². The Morgan fingerprint density at radius 2 is 2.11 bits per heavy atom. The quantitative estimate of drug-likeness (QED) is 0.511. The van der Waals surface area contributed by atoms with Crippen LogP contribution in [-0.2, 0) is 4.74 Å². The Morgan fingerprint density at radius 3 is 2.44 bits per heavy atom. The Labute approximate surface area is 60.2 Å². The zero-order valence-electron chi connectivity index (χ0n) is 5.56. The molecule has 0 amide bonds. The largest absolute Gasteiger partial charge is 0.373 e. The maximum Gasteiger partial charge on any atom is 0.0862 e. The van der Waals surface area contributed by atoms with Gasteiger partial charge in [0.15, 0.2) is 0 Å². The van der Waals surface area contributed by atoms with Crippen LogP contribution in [0.4, 0.5) is 0 Å². The van der Waals surface area contributed by atoms with Crippen LogP contribution >= 0.6 is 11.8 Å². The van der Waals surface area contributed by atoms with E-state index >= 15 is 0 Å². The predicted octanol–water partition coefficient (Wildman–Crippen LogP) is 1.67. The van der Waals surface area contributed by atoms with Crippen molar-refractivity contribution in [1.82, 2.24) is 0 Å². The third-order valence-electron chi connectivity index (χ3n) is 2.17. The lowest BCUT2D eigenvalue weighted by atomic mass is 9.97. The molecule has 0 aliphatic carbocycles. The highest BCUT2D eigenvalue weighted by Gasteiger charge is 2.39. The third kappa shape index (κ3) is 0.987. The molecular formula is C7H12OS. The molecule has 0 unspecified atom stereocenters. The number of ether oxygens (including phenoxy) is 1. The molecule has 2 heteroatoms. The van der Waals surface area contributed by atoms with Crippen molar-refractivity contribution in [3.8, 4) is 0 Å². The summed E-state index contributed by atoms with van der Waals surface area (Å²) < 4.78 is 5.68. The van der Waals surface area contributed by atoms with Crippen LogP contribution in [0, 0.1) is 0 Å². The molecule has 2 rings (SSSR count). The average Bonchev–Trinajstić information content (AvgIpc) is 1.87. The van der Waals surface area contributed by atoms with Gasteiger partial charge in [-0.15, -0.1) is 0 Å². The van der Waals surface area contributed by atoms with Crippen molar-refractivity contribution in [1.29, 1.82) is 0 Å². The van der Waals surface area contributed by atoms with Gasteiger partial charge in [0.05, 0.1) is 5.60 Å². The summed E-state index contributed by atoms with van der Waals surface area (Å²) in [6, 6.07) is 0. The first-order chi connectivity index (χ1) is 4.41. The van der Waals surface area contributed by atoms with Crippen molar-refractivity contribution in [2.75, 3.05) is 18.1 Å². The molecule has 1 nitrogen and oxygen atoms in total. The highest BCUT2D eigenvalue weighted by molar-refractivity contribution is 8.00. The maximum absolute atomic E-state index is 5.68. The van der Waals surface area contributed by atoms with Gasteiger partial charge in [0.1, 0.15) is 0 Å². The summed E-state index contributed by atoms with van der Waals surface area (Å²) in [7, 11) is 0. The van der Waals surface area contributed by atoms with E-state index in [-0.39, 0.29) is 0 Å². The van der Waals surface area contributed by atoms with E-state index < -0.39 is 0 Å². The molecule has 2 aliphatic heterocycles. The standard InChI is InChI=1S/C7H12OS/c1-2-4-8-7(3-1)5-9-6-7/h1-6H2. The van der Waals surface area contributed by atoms with Crippen LogP contribution in [0.1, 0.15) is 19.3 Å². The number of hydrogen-bond donors (Lipinski definition) is 0. The molecule has 9 heavy (non-hydrogen) atoms. The molecular weight excluding hydrogens is 132 g/mol. The molecule has 2 aliphatic rings. The van der Waals surface area contributed by atoms with Gasteiger partial charge in [0.25, 0.3) is 0 Å². The summed E-state index contributed by atoms with van der Waals surface area (Å²) >= 11 is 2.02. The molecule has 0 aromatic carbocycles. The van der Waals surface area contributed by atoms with Crippen LogP contribution in [0.5, 0.6) is 0 Å². The highest BCUT2D eigenvalue weighted by Crippen LogP contribution is 2.39. The second kappa shape index (κ2) is 2.17. The summed E-state index contributed by atoms with van der Waals surface area (Å²) in [6.45, 7) is 1.01. The lowest BCUT2D eigenvalue weighted by Crippen LogP contribution is -2.48. The molecule has 0 aromatic heterocycles. The monoisotopic (exact) mass is 144 g/mol. The minimum atomic E-state index is 0.364. The SMILES string of the molecule is C1CCC2(CSC2)OC1. The van der Waals surface area contributed by atoms with Gasteiger partial charge in [-0.05, 0) is 19.3 Å². The van der Waals surface area contributed by atoms with E-state index in [0.29, 0.717) is 5.60 Å². The zero-order chi connectivity index (χ0) is 6.16. The molecule has 52 valence electrons. The van der Waals surface area contributed by atoms with Gasteiger partial charge in [-0.1, -0.05) is 0 Å². The summed E-state index contributed by atoms with van der Waals surface area (Å²) in [6.07, 6.45) is 3.99. The van der Waals surface area contributed by atoms with Crippen LogP contribution in [0.15, 0.2) is 0 Å². The van der Waals surface area contributed by atoms with Crippen molar-refractivity contribution in [2.24, 2.45) is 0 Å². The van der Waals surface area contributed by atoms with Gasteiger partial charge in [-0.2, -0.15) is 11.8 Å². The fourth-order valence-corrected chi connectivity index (χ4v) is 2.58. The summed E-state index contributed by atoms with van der Waals surface area (Å²) in [4.78, 5) is 0. The molecule has 0 bridgehead atoms. The molecule has 0 saturated carbocycles. The molecule has 0 N–H and O–H groups in total. The fourth-order valence-electron chi connectivity index (χ4n) is 1.47. The van der Waals surface area contributed by atoms with Crippen LogP contribution in [0.25, 0.3) is 0 Å². The van der Waals surface area contributed by atoms with E-state index in [1.807, 2.05) is 11.8 Å². The Bertz CT molecular complexity index is 101.